The maximum Gasteiger partial charge on any atom is 0.137 e. The molecule has 70 valence electrons. The molecular weight excluding hydrogens is 152 g/mol. The van der Waals surface area contributed by atoms with Crippen LogP contribution in [0.5, 0.6) is 0 Å². The minimum Gasteiger partial charge on any atom is -0.229 e. The monoisotopic (exact) mass is 170 g/mol. The Labute approximate surface area is 74.2 Å². The van der Waals surface area contributed by atoms with E-state index < -0.39 is 0 Å². The van der Waals surface area contributed by atoms with Gasteiger partial charge in [-0.25, -0.2) is 9.78 Å². The quantitative estimate of drug-likeness (QED) is 0.520. The molecule has 1 aliphatic heterocycles. The molecule has 0 N–H and O–H groups in total. The fourth-order valence-electron chi connectivity index (χ4n) is 2.42. The van der Waals surface area contributed by atoms with Gasteiger partial charge in [0.15, 0.2) is 0 Å². The molecule has 1 heterocycles. The third-order valence-corrected chi connectivity index (χ3v) is 3.37. The van der Waals surface area contributed by atoms with E-state index in [0.29, 0.717) is 6.10 Å². The Bertz CT molecular complexity index is 183. The van der Waals surface area contributed by atoms with E-state index in [1.165, 1.54) is 25.7 Å². The van der Waals surface area contributed by atoms with Crippen molar-refractivity contribution < 1.29 is 9.78 Å². The third-order valence-electron chi connectivity index (χ3n) is 3.37. The van der Waals surface area contributed by atoms with Crippen molar-refractivity contribution >= 4 is 0 Å². The molecule has 0 radical (unpaired) electrons. The Balaban J connectivity index is 2.18. The lowest BCUT2D eigenvalue weighted by Crippen LogP contribution is -2.64. The summed E-state index contributed by atoms with van der Waals surface area (Å²) in [6.45, 7) is 6.73. The van der Waals surface area contributed by atoms with Gasteiger partial charge < -0.3 is 0 Å². The molecule has 2 rings (SSSR count). The number of rotatable bonds is 0. The Morgan fingerprint density at radius 1 is 1.25 bits per heavy atom. The summed E-state index contributed by atoms with van der Waals surface area (Å²) < 4.78 is 0. The fourth-order valence-corrected chi connectivity index (χ4v) is 2.42. The van der Waals surface area contributed by atoms with Crippen molar-refractivity contribution in [2.24, 2.45) is 5.41 Å². The van der Waals surface area contributed by atoms with Crippen molar-refractivity contribution in [3.63, 3.8) is 0 Å². The van der Waals surface area contributed by atoms with Crippen LogP contribution in [0.4, 0.5) is 0 Å². The Hall–Kier alpha value is -0.0800. The smallest absolute Gasteiger partial charge is 0.137 e. The molecule has 12 heavy (non-hydrogen) atoms. The Kier molecular flexibility index (Phi) is 1.74. The van der Waals surface area contributed by atoms with Crippen molar-refractivity contribution in [3.05, 3.63) is 0 Å². The largest absolute Gasteiger partial charge is 0.229 e. The van der Waals surface area contributed by atoms with Crippen LogP contribution in [-0.2, 0) is 9.78 Å². The summed E-state index contributed by atoms with van der Waals surface area (Å²) in [5.74, 6) is 0. The first-order valence-electron chi connectivity index (χ1n) is 4.91. The molecule has 2 atom stereocenters. The van der Waals surface area contributed by atoms with E-state index in [0.717, 1.165) is 0 Å². The molecule has 2 aliphatic rings. The molecule has 0 aromatic heterocycles. The van der Waals surface area contributed by atoms with Crippen LogP contribution in [0.1, 0.15) is 46.5 Å². The molecule has 2 nitrogen and oxygen atoms in total. The third kappa shape index (κ3) is 0.944. The normalized spacial score (nSPS) is 41.8. The van der Waals surface area contributed by atoms with Gasteiger partial charge in [0.1, 0.15) is 11.7 Å². The molecule has 0 aromatic carbocycles. The first kappa shape index (κ1) is 8.52. The van der Waals surface area contributed by atoms with E-state index in [-0.39, 0.29) is 11.0 Å². The lowest BCUT2D eigenvalue weighted by molar-refractivity contribution is -0.537. The summed E-state index contributed by atoms with van der Waals surface area (Å²) in [4.78, 5) is 10.6. The summed E-state index contributed by atoms with van der Waals surface area (Å²) in [6, 6.07) is 0. The summed E-state index contributed by atoms with van der Waals surface area (Å²) in [6.07, 6.45) is 5.30. The lowest BCUT2D eigenvalue weighted by Gasteiger charge is -2.56. The molecule has 2 heteroatoms. The van der Waals surface area contributed by atoms with Crippen molar-refractivity contribution in [1.29, 1.82) is 0 Å². The average molecular weight is 170 g/mol. The molecule has 2 fully saturated rings. The topological polar surface area (TPSA) is 18.5 Å². The van der Waals surface area contributed by atoms with E-state index in [1.807, 2.05) is 0 Å². The molecule has 0 bridgehead atoms. The molecule has 1 saturated carbocycles. The van der Waals surface area contributed by atoms with E-state index in [9.17, 15) is 0 Å². The van der Waals surface area contributed by atoms with E-state index in [4.69, 9.17) is 9.78 Å². The highest BCUT2D eigenvalue weighted by molar-refractivity contribution is 5.03. The van der Waals surface area contributed by atoms with Crippen LogP contribution in [0.25, 0.3) is 0 Å². The first-order chi connectivity index (χ1) is 5.56. The first-order valence-corrected chi connectivity index (χ1v) is 4.91. The summed E-state index contributed by atoms with van der Waals surface area (Å²) >= 11 is 0. The fraction of sp³-hybridized carbons (Fsp3) is 1.00. The van der Waals surface area contributed by atoms with Gasteiger partial charge in [-0.15, -0.1) is 0 Å². The second kappa shape index (κ2) is 2.46. The van der Waals surface area contributed by atoms with Crippen LogP contribution in [0.15, 0.2) is 0 Å². The Morgan fingerprint density at radius 2 is 2.00 bits per heavy atom. The zero-order valence-corrected chi connectivity index (χ0v) is 8.22. The van der Waals surface area contributed by atoms with E-state index >= 15 is 0 Å². The molecule has 1 saturated heterocycles. The summed E-state index contributed by atoms with van der Waals surface area (Å²) in [7, 11) is 0. The molecule has 2 unspecified atom stereocenters. The van der Waals surface area contributed by atoms with Gasteiger partial charge in [-0.3, -0.25) is 0 Å². The van der Waals surface area contributed by atoms with Gasteiger partial charge in [0.05, 0.1) is 0 Å². The lowest BCUT2D eigenvalue weighted by atomic mass is 9.65. The van der Waals surface area contributed by atoms with Gasteiger partial charge in [-0.1, -0.05) is 33.6 Å². The zero-order chi connectivity index (χ0) is 8.82. The van der Waals surface area contributed by atoms with Gasteiger partial charge >= 0.3 is 0 Å². The van der Waals surface area contributed by atoms with E-state index in [1.54, 1.807) is 0 Å². The standard InChI is InChI=1S/C10H18O2/c1-9(2,3)10-7-5-4-6-8(10)11-12-10/h8H,4-7H2,1-3H3. The van der Waals surface area contributed by atoms with Crippen LogP contribution >= 0.6 is 0 Å². The number of fused-ring (bicyclic) bond motifs is 1. The van der Waals surface area contributed by atoms with Gasteiger partial charge in [0, 0.05) is 0 Å². The second-order valence-electron chi connectivity index (χ2n) is 5.05. The minimum absolute atomic E-state index is 0.0330. The molecule has 0 amide bonds. The Morgan fingerprint density at radius 3 is 2.33 bits per heavy atom. The highest BCUT2D eigenvalue weighted by Gasteiger charge is 2.59. The van der Waals surface area contributed by atoms with E-state index in [2.05, 4.69) is 20.8 Å². The number of hydrogen-bond donors (Lipinski definition) is 0. The molecule has 1 aliphatic carbocycles. The van der Waals surface area contributed by atoms with Crippen LogP contribution in [0.3, 0.4) is 0 Å². The maximum absolute atomic E-state index is 5.39. The van der Waals surface area contributed by atoms with Crippen molar-refractivity contribution in [2.45, 2.75) is 58.2 Å². The molecule has 0 aromatic rings. The van der Waals surface area contributed by atoms with Crippen LogP contribution in [0.2, 0.25) is 0 Å². The van der Waals surface area contributed by atoms with Gasteiger partial charge in [0.25, 0.3) is 0 Å². The number of hydrogen-bond acceptors (Lipinski definition) is 2. The van der Waals surface area contributed by atoms with Crippen LogP contribution in [0, 0.1) is 5.41 Å². The summed E-state index contributed by atoms with van der Waals surface area (Å²) in [5.41, 5.74) is 0.252. The van der Waals surface area contributed by atoms with Crippen LogP contribution < -0.4 is 0 Å². The predicted octanol–water partition coefficient (Wildman–Crippen LogP) is 2.68. The van der Waals surface area contributed by atoms with Crippen molar-refractivity contribution in [2.75, 3.05) is 0 Å². The van der Waals surface area contributed by atoms with Gasteiger partial charge in [-0.05, 0) is 18.3 Å². The zero-order valence-electron chi connectivity index (χ0n) is 8.22. The molecule has 0 spiro atoms. The van der Waals surface area contributed by atoms with Crippen LogP contribution in [-0.4, -0.2) is 11.7 Å². The van der Waals surface area contributed by atoms with Crippen molar-refractivity contribution in [1.82, 2.24) is 0 Å². The minimum atomic E-state index is 0.0330. The predicted molar refractivity (Wildman–Crippen MR) is 46.6 cm³/mol. The highest BCUT2D eigenvalue weighted by Crippen LogP contribution is 2.52. The summed E-state index contributed by atoms with van der Waals surface area (Å²) in [5, 5.41) is 0. The molecular formula is C10H18O2. The van der Waals surface area contributed by atoms with Crippen molar-refractivity contribution in [3.8, 4) is 0 Å². The highest BCUT2D eigenvalue weighted by atomic mass is 17.3. The second-order valence-corrected chi connectivity index (χ2v) is 5.05. The van der Waals surface area contributed by atoms with Gasteiger partial charge in [-0.2, -0.15) is 0 Å². The maximum atomic E-state index is 5.39. The average Bonchev–Trinajstić information content (AvgIpc) is 1.89. The van der Waals surface area contributed by atoms with Gasteiger partial charge in [0.2, 0.25) is 0 Å². The SMILES string of the molecule is CC(C)(C)C12CCCCC1OO2.